The molecular weight excluding hydrogens is 232 g/mol. The number of rotatable bonds is 5. The summed E-state index contributed by atoms with van der Waals surface area (Å²) in [6.45, 7) is 2.32. The molecule has 0 unspecified atom stereocenters. The fraction of sp³-hybridized carbons (Fsp3) is 0.333. The normalized spacial score (nSPS) is 9.28. The summed E-state index contributed by atoms with van der Waals surface area (Å²) < 4.78 is 4.74. The Bertz CT molecular complexity index is 514. The van der Waals surface area contributed by atoms with E-state index in [2.05, 4.69) is 10.3 Å². The molecule has 1 rings (SSSR count). The molecule has 0 amide bonds. The number of hydrogen-bond acceptors (Lipinski definition) is 6. The van der Waals surface area contributed by atoms with Crippen LogP contribution in [0.2, 0.25) is 0 Å². The van der Waals surface area contributed by atoms with E-state index in [4.69, 9.17) is 15.3 Å². The summed E-state index contributed by atoms with van der Waals surface area (Å²) >= 11 is 0. The van der Waals surface area contributed by atoms with Crippen LogP contribution < -0.4 is 5.32 Å². The lowest BCUT2D eigenvalue weighted by Gasteiger charge is -2.06. The molecule has 0 aliphatic rings. The number of ether oxygens (including phenoxy) is 1. The zero-order chi connectivity index (χ0) is 13.4. The zero-order valence-electron chi connectivity index (χ0n) is 9.93. The molecule has 0 radical (unpaired) electrons. The van der Waals surface area contributed by atoms with Crippen molar-refractivity contribution in [2.75, 3.05) is 13.2 Å². The first-order valence-corrected chi connectivity index (χ1v) is 5.37. The third-order valence-corrected chi connectivity index (χ3v) is 2.13. The molecule has 0 fully saturated rings. The number of pyridine rings is 1. The molecule has 1 aromatic rings. The summed E-state index contributed by atoms with van der Waals surface area (Å²) in [7, 11) is 0. The molecule has 6 nitrogen and oxygen atoms in total. The van der Waals surface area contributed by atoms with Crippen LogP contribution in [0.4, 0.5) is 0 Å². The van der Waals surface area contributed by atoms with Crippen molar-refractivity contribution in [3.05, 3.63) is 29.1 Å². The van der Waals surface area contributed by atoms with Crippen LogP contribution in [-0.2, 0) is 16.1 Å². The smallest absolute Gasteiger partial charge is 0.319 e. The molecule has 92 valence electrons. The summed E-state index contributed by atoms with van der Waals surface area (Å²) in [6.07, 6.45) is 1.46. The van der Waals surface area contributed by atoms with Crippen LogP contribution in [0.3, 0.4) is 0 Å². The molecule has 1 heterocycles. The van der Waals surface area contributed by atoms with E-state index in [0.29, 0.717) is 12.3 Å². The van der Waals surface area contributed by atoms with Crippen molar-refractivity contribution in [3.8, 4) is 12.1 Å². The molecule has 0 bridgehead atoms. The Morgan fingerprint density at radius 2 is 2.28 bits per heavy atom. The predicted octanol–water partition coefficient (Wildman–Crippen LogP) is 0.478. The van der Waals surface area contributed by atoms with Crippen molar-refractivity contribution < 1.29 is 9.53 Å². The van der Waals surface area contributed by atoms with Gasteiger partial charge in [0.2, 0.25) is 0 Å². The number of esters is 1. The minimum Gasteiger partial charge on any atom is -0.465 e. The maximum atomic E-state index is 11.1. The fourth-order valence-corrected chi connectivity index (χ4v) is 1.35. The van der Waals surface area contributed by atoms with Gasteiger partial charge in [0.25, 0.3) is 0 Å². The van der Waals surface area contributed by atoms with Gasteiger partial charge in [-0.15, -0.1) is 0 Å². The van der Waals surface area contributed by atoms with Crippen molar-refractivity contribution in [1.82, 2.24) is 10.3 Å². The van der Waals surface area contributed by atoms with E-state index in [0.717, 1.165) is 0 Å². The third kappa shape index (κ3) is 3.55. The Hall–Kier alpha value is -2.44. The van der Waals surface area contributed by atoms with Crippen molar-refractivity contribution in [2.24, 2.45) is 0 Å². The number of nitrogens with zero attached hydrogens (tertiary/aromatic N) is 3. The second-order valence-electron chi connectivity index (χ2n) is 3.31. The fourth-order valence-electron chi connectivity index (χ4n) is 1.35. The van der Waals surface area contributed by atoms with Crippen LogP contribution in [0.15, 0.2) is 12.3 Å². The SMILES string of the molecule is CCOC(=O)CNCc1nccc(C#N)c1C#N. The standard InChI is InChI=1S/C12H12N4O2/c1-2-18-12(17)8-15-7-11-10(6-14)9(5-13)3-4-16-11/h3-4,15H,2,7-8H2,1H3. The summed E-state index contributed by atoms with van der Waals surface area (Å²) in [5.41, 5.74) is 0.956. The second-order valence-corrected chi connectivity index (χ2v) is 3.31. The molecule has 18 heavy (non-hydrogen) atoms. The van der Waals surface area contributed by atoms with Gasteiger partial charge >= 0.3 is 5.97 Å². The first-order chi connectivity index (χ1) is 8.72. The van der Waals surface area contributed by atoms with Crippen LogP contribution in [-0.4, -0.2) is 24.1 Å². The average molecular weight is 244 g/mol. The topological polar surface area (TPSA) is 98.8 Å². The van der Waals surface area contributed by atoms with E-state index in [1.54, 1.807) is 6.92 Å². The van der Waals surface area contributed by atoms with Gasteiger partial charge in [0.1, 0.15) is 12.1 Å². The Balaban J connectivity index is 2.66. The molecular formula is C12H12N4O2. The van der Waals surface area contributed by atoms with E-state index in [9.17, 15) is 4.79 Å². The second kappa shape index (κ2) is 7.00. The van der Waals surface area contributed by atoms with Crippen molar-refractivity contribution in [2.45, 2.75) is 13.5 Å². The van der Waals surface area contributed by atoms with Gasteiger partial charge in [0.15, 0.2) is 0 Å². The first kappa shape index (κ1) is 13.6. The van der Waals surface area contributed by atoms with Crippen LogP contribution in [0.1, 0.15) is 23.7 Å². The minimum atomic E-state index is -0.368. The van der Waals surface area contributed by atoms with E-state index in [1.807, 2.05) is 12.1 Å². The predicted molar refractivity (Wildman–Crippen MR) is 62.0 cm³/mol. The Morgan fingerprint density at radius 1 is 1.50 bits per heavy atom. The van der Waals surface area contributed by atoms with Gasteiger partial charge in [-0.2, -0.15) is 10.5 Å². The van der Waals surface area contributed by atoms with E-state index < -0.39 is 0 Å². The molecule has 6 heteroatoms. The highest BCUT2D eigenvalue weighted by Crippen LogP contribution is 2.09. The van der Waals surface area contributed by atoms with Gasteiger partial charge < -0.3 is 10.1 Å². The molecule has 0 spiro atoms. The number of carbonyl (C=O) groups is 1. The van der Waals surface area contributed by atoms with E-state index in [-0.39, 0.29) is 30.2 Å². The highest BCUT2D eigenvalue weighted by molar-refractivity contribution is 5.71. The monoisotopic (exact) mass is 244 g/mol. The van der Waals surface area contributed by atoms with Crippen molar-refractivity contribution in [1.29, 1.82) is 10.5 Å². The summed E-state index contributed by atoms with van der Waals surface area (Å²) in [5, 5.41) is 20.6. The molecule has 1 aromatic heterocycles. The highest BCUT2D eigenvalue weighted by atomic mass is 16.5. The summed E-state index contributed by atoms with van der Waals surface area (Å²) in [6, 6.07) is 5.34. The zero-order valence-corrected chi connectivity index (χ0v) is 9.93. The van der Waals surface area contributed by atoms with E-state index >= 15 is 0 Å². The molecule has 0 atom stereocenters. The minimum absolute atomic E-state index is 0.0389. The molecule has 0 aromatic carbocycles. The lowest BCUT2D eigenvalue weighted by atomic mass is 10.1. The highest BCUT2D eigenvalue weighted by Gasteiger charge is 2.09. The average Bonchev–Trinajstić information content (AvgIpc) is 2.38. The Morgan fingerprint density at radius 3 is 2.89 bits per heavy atom. The third-order valence-electron chi connectivity index (χ3n) is 2.13. The Labute approximate surface area is 105 Å². The quantitative estimate of drug-likeness (QED) is 0.756. The number of nitrogens with one attached hydrogen (secondary N) is 1. The largest absolute Gasteiger partial charge is 0.465 e. The van der Waals surface area contributed by atoms with Crippen LogP contribution in [0.5, 0.6) is 0 Å². The number of aromatic nitrogens is 1. The van der Waals surface area contributed by atoms with Gasteiger partial charge in [-0.25, -0.2) is 0 Å². The van der Waals surface area contributed by atoms with Crippen LogP contribution in [0.25, 0.3) is 0 Å². The lowest BCUT2D eigenvalue weighted by Crippen LogP contribution is -2.25. The van der Waals surface area contributed by atoms with Crippen molar-refractivity contribution >= 4 is 5.97 Å². The summed E-state index contributed by atoms with van der Waals surface area (Å²) in [5.74, 6) is -0.368. The molecule has 0 saturated heterocycles. The van der Waals surface area contributed by atoms with Crippen LogP contribution >= 0.6 is 0 Å². The first-order valence-electron chi connectivity index (χ1n) is 5.37. The van der Waals surface area contributed by atoms with Gasteiger partial charge in [-0.3, -0.25) is 9.78 Å². The van der Waals surface area contributed by atoms with Gasteiger partial charge in [-0.1, -0.05) is 0 Å². The molecule has 1 N–H and O–H groups in total. The Kier molecular flexibility index (Phi) is 5.30. The lowest BCUT2D eigenvalue weighted by molar-refractivity contribution is -0.142. The maximum Gasteiger partial charge on any atom is 0.319 e. The summed E-state index contributed by atoms with van der Waals surface area (Å²) in [4.78, 5) is 15.1. The maximum absolute atomic E-state index is 11.1. The van der Waals surface area contributed by atoms with Gasteiger partial charge in [-0.05, 0) is 13.0 Å². The molecule has 0 aliphatic carbocycles. The van der Waals surface area contributed by atoms with Crippen molar-refractivity contribution in [3.63, 3.8) is 0 Å². The number of carbonyl (C=O) groups excluding carboxylic acids is 1. The van der Waals surface area contributed by atoms with Crippen LogP contribution in [0, 0.1) is 22.7 Å². The van der Waals surface area contributed by atoms with E-state index in [1.165, 1.54) is 12.3 Å². The van der Waals surface area contributed by atoms with Gasteiger partial charge in [0, 0.05) is 12.7 Å². The van der Waals surface area contributed by atoms with Gasteiger partial charge in [0.05, 0.1) is 30.0 Å². The number of hydrogen-bond donors (Lipinski definition) is 1. The molecule has 0 aliphatic heterocycles. The molecule has 0 saturated carbocycles. The number of nitriles is 2.